The van der Waals surface area contributed by atoms with Crippen molar-refractivity contribution in [2.75, 3.05) is 0 Å². The minimum atomic E-state index is 0.118. The van der Waals surface area contributed by atoms with Gasteiger partial charge in [-0.25, -0.2) is 0 Å². The van der Waals surface area contributed by atoms with Gasteiger partial charge in [-0.2, -0.15) is 0 Å². The molecule has 1 aliphatic heterocycles. The number of phenolic OH excluding ortho intramolecular Hbond substituents is 1. The Morgan fingerprint density at radius 1 is 1.08 bits per heavy atom. The summed E-state index contributed by atoms with van der Waals surface area (Å²) < 4.78 is 0. The van der Waals surface area contributed by atoms with Gasteiger partial charge in [0.2, 0.25) is 0 Å². The van der Waals surface area contributed by atoms with Crippen LogP contribution in [0.2, 0.25) is 0 Å². The van der Waals surface area contributed by atoms with Crippen molar-refractivity contribution in [3.63, 3.8) is 0 Å². The van der Waals surface area contributed by atoms with E-state index in [1.165, 1.54) is 11.1 Å². The standard InChI is InChI=1S/C21H26N2O/c1-14(2)12-21-22-18(16-10-8-15(3)9-11-16)13-19(23-21)17-6-4-5-7-20(17)24/h4-11,13-14,19,21-24H,12H2,1-3H3/p+1. The van der Waals surface area contributed by atoms with Gasteiger partial charge in [-0.1, -0.05) is 55.8 Å². The zero-order valence-corrected chi connectivity index (χ0v) is 14.7. The highest BCUT2D eigenvalue weighted by molar-refractivity contribution is 5.65. The number of para-hydroxylation sites is 1. The number of rotatable bonds is 4. The lowest BCUT2D eigenvalue weighted by Gasteiger charge is -2.30. The molecule has 126 valence electrons. The summed E-state index contributed by atoms with van der Waals surface area (Å²) in [4.78, 5) is 0. The second kappa shape index (κ2) is 7.10. The highest BCUT2D eigenvalue weighted by Gasteiger charge is 2.28. The molecule has 0 aromatic heterocycles. The van der Waals surface area contributed by atoms with Gasteiger partial charge in [0, 0.05) is 18.2 Å². The predicted molar refractivity (Wildman–Crippen MR) is 98.3 cm³/mol. The minimum Gasteiger partial charge on any atom is -0.507 e. The van der Waals surface area contributed by atoms with Gasteiger partial charge in [-0.3, -0.25) is 0 Å². The summed E-state index contributed by atoms with van der Waals surface area (Å²) in [7, 11) is 0. The molecule has 0 amide bonds. The molecule has 2 atom stereocenters. The molecule has 2 aromatic rings. The van der Waals surface area contributed by atoms with E-state index in [2.05, 4.69) is 61.7 Å². The van der Waals surface area contributed by atoms with Gasteiger partial charge >= 0.3 is 0 Å². The lowest BCUT2D eigenvalue weighted by atomic mass is 9.97. The first-order valence-corrected chi connectivity index (χ1v) is 8.71. The van der Waals surface area contributed by atoms with Crippen molar-refractivity contribution in [3.8, 4) is 5.75 Å². The SMILES string of the molecule is Cc1ccc(C2=CC(c3ccccc3O)[NH2+]C(CC(C)C)N2)cc1. The summed E-state index contributed by atoms with van der Waals surface area (Å²) in [5.74, 6) is 0.976. The minimum absolute atomic E-state index is 0.118. The Morgan fingerprint density at radius 2 is 1.79 bits per heavy atom. The predicted octanol–water partition coefficient (Wildman–Crippen LogP) is 3.32. The monoisotopic (exact) mass is 323 g/mol. The first kappa shape index (κ1) is 16.6. The number of hydrogen-bond acceptors (Lipinski definition) is 2. The number of nitrogens with two attached hydrogens (primary N) is 1. The normalized spacial score (nSPS) is 20.6. The van der Waals surface area contributed by atoms with Crippen molar-refractivity contribution in [1.29, 1.82) is 0 Å². The van der Waals surface area contributed by atoms with E-state index in [4.69, 9.17) is 0 Å². The fraction of sp³-hybridized carbons (Fsp3) is 0.333. The number of aryl methyl sites for hydroxylation is 1. The van der Waals surface area contributed by atoms with Crippen LogP contribution < -0.4 is 10.6 Å². The van der Waals surface area contributed by atoms with Gasteiger partial charge in [0.15, 0.2) is 6.17 Å². The molecule has 1 aliphatic rings. The fourth-order valence-electron chi connectivity index (χ4n) is 3.30. The summed E-state index contributed by atoms with van der Waals surface area (Å²) >= 11 is 0. The van der Waals surface area contributed by atoms with Crippen LogP contribution in [0, 0.1) is 12.8 Å². The highest BCUT2D eigenvalue weighted by atomic mass is 16.3. The second-order valence-electron chi connectivity index (χ2n) is 7.10. The van der Waals surface area contributed by atoms with Gasteiger partial charge in [0.05, 0.1) is 5.56 Å². The third-order valence-electron chi connectivity index (χ3n) is 4.51. The summed E-state index contributed by atoms with van der Waals surface area (Å²) in [6.45, 7) is 6.59. The molecular weight excluding hydrogens is 296 g/mol. The molecule has 1 heterocycles. The molecule has 3 nitrogen and oxygen atoms in total. The molecule has 0 radical (unpaired) electrons. The van der Waals surface area contributed by atoms with E-state index >= 15 is 0 Å². The zero-order valence-electron chi connectivity index (χ0n) is 14.7. The molecule has 0 bridgehead atoms. The first-order valence-electron chi connectivity index (χ1n) is 8.71. The number of hydrogen-bond donors (Lipinski definition) is 3. The van der Waals surface area contributed by atoms with E-state index < -0.39 is 0 Å². The van der Waals surface area contributed by atoms with E-state index in [0.717, 1.165) is 17.7 Å². The largest absolute Gasteiger partial charge is 0.507 e. The number of benzene rings is 2. The van der Waals surface area contributed by atoms with E-state index in [-0.39, 0.29) is 6.04 Å². The van der Waals surface area contributed by atoms with Crippen molar-refractivity contribution < 1.29 is 10.4 Å². The van der Waals surface area contributed by atoms with Crippen molar-refractivity contribution in [3.05, 3.63) is 71.3 Å². The molecule has 0 aliphatic carbocycles. The van der Waals surface area contributed by atoms with Crippen LogP contribution in [0.15, 0.2) is 54.6 Å². The van der Waals surface area contributed by atoms with E-state index in [9.17, 15) is 5.11 Å². The number of quaternary nitrogens is 1. The van der Waals surface area contributed by atoms with Gasteiger partial charge in [0.1, 0.15) is 11.8 Å². The average molecular weight is 323 g/mol. The van der Waals surface area contributed by atoms with E-state index in [0.29, 0.717) is 17.8 Å². The Balaban J connectivity index is 1.96. The summed E-state index contributed by atoms with van der Waals surface area (Å²) in [6.07, 6.45) is 3.60. The highest BCUT2D eigenvalue weighted by Crippen LogP contribution is 2.27. The fourth-order valence-corrected chi connectivity index (χ4v) is 3.30. The second-order valence-corrected chi connectivity index (χ2v) is 7.10. The van der Waals surface area contributed by atoms with Crippen molar-refractivity contribution in [2.45, 2.75) is 39.4 Å². The van der Waals surface area contributed by atoms with Crippen LogP contribution in [0.1, 0.15) is 43.0 Å². The van der Waals surface area contributed by atoms with Crippen LogP contribution in [0.3, 0.4) is 0 Å². The molecule has 4 N–H and O–H groups in total. The van der Waals surface area contributed by atoms with Gasteiger partial charge in [-0.15, -0.1) is 0 Å². The van der Waals surface area contributed by atoms with E-state index in [1.807, 2.05) is 18.2 Å². The Morgan fingerprint density at radius 3 is 2.46 bits per heavy atom. The molecule has 24 heavy (non-hydrogen) atoms. The smallest absolute Gasteiger partial charge is 0.160 e. The molecule has 0 saturated heterocycles. The van der Waals surface area contributed by atoms with Crippen molar-refractivity contribution in [2.24, 2.45) is 5.92 Å². The van der Waals surface area contributed by atoms with Crippen LogP contribution in [-0.4, -0.2) is 11.3 Å². The lowest BCUT2D eigenvalue weighted by Crippen LogP contribution is -2.95. The van der Waals surface area contributed by atoms with Gasteiger partial charge in [-0.05, 0) is 30.5 Å². The number of nitrogens with one attached hydrogen (secondary N) is 1. The summed E-state index contributed by atoms with van der Waals surface area (Å²) in [5, 5.41) is 16.2. The Hall–Kier alpha value is -2.26. The Bertz CT molecular complexity index is 719. The average Bonchev–Trinajstić information content (AvgIpc) is 2.55. The topological polar surface area (TPSA) is 48.9 Å². The lowest BCUT2D eigenvalue weighted by molar-refractivity contribution is -0.725. The van der Waals surface area contributed by atoms with Crippen LogP contribution in [0.5, 0.6) is 5.75 Å². The maximum atomic E-state index is 10.3. The molecular formula is C21H27N2O+. The molecule has 2 aromatic carbocycles. The maximum absolute atomic E-state index is 10.3. The first-order chi connectivity index (χ1) is 11.5. The summed E-state index contributed by atoms with van der Waals surface area (Å²) in [6, 6.07) is 16.4. The third kappa shape index (κ3) is 3.80. The van der Waals surface area contributed by atoms with Crippen molar-refractivity contribution in [1.82, 2.24) is 5.32 Å². The summed E-state index contributed by atoms with van der Waals surface area (Å²) in [5.41, 5.74) is 4.58. The molecule has 3 heteroatoms. The van der Waals surface area contributed by atoms with Crippen LogP contribution >= 0.6 is 0 Å². The maximum Gasteiger partial charge on any atom is 0.160 e. The quantitative estimate of drug-likeness (QED) is 0.808. The number of aromatic hydroxyl groups is 1. The van der Waals surface area contributed by atoms with Crippen LogP contribution in [-0.2, 0) is 0 Å². The Labute approximate surface area is 144 Å². The molecule has 0 saturated carbocycles. The van der Waals surface area contributed by atoms with Crippen LogP contribution in [0.25, 0.3) is 5.70 Å². The third-order valence-corrected chi connectivity index (χ3v) is 4.51. The van der Waals surface area contributed by atoms with Crippen molar-refractivity contribution >= 4 is 5.70 Å². The zero-order chi connectivity index (χ0) is 17.1. The van der Waals surface area contributed by atoms with Gasteiger partial charge in [0.25, 0.3) is 0 Å². The molecule has 2 unspecified atom stereocenters. The molecule has 0 spiro atoms. The van der Waals surface area contributed by atoms with Crippen LogP contribution in [0.4, 0.5) is 0 Å². The Kier molecular flexibility index (Phi) is 4.91. The van der Waals surface area contributed by atoms with E-state index in [1.54, 1.807) is 6.07 Å². The molecule has 0 fully saturated rings. The van der Waals surface area contributed by atoms with Gasteiger partial charge < -0.3 is 15.7 Å². The molecule has 3 rings (SSSR count). The number of phenols is 1.